The summed E-state index contributed by atoms with van der Waals surface area (Å²) in [5, 5.41) is 9.26. The van der Waals surface area contributed by atoms with Gasteiger partial charge in [0.25, 0.3) is 0 Å². The van der Waals surface area contributed by atoms with Crippen molar-refractivity contribution in [2.45, 2.75) is 38.9 Å². The molecule has 1 fully saturated rings. The number of hydrogen-bond acceptors (Lipinski definition) is 3. The predicted molar refractivity (Wildman–Crippen MR) is 70.0 cm³/mol. The van der Waals surface area contributed by atoms with Crippen molar-refractivity contribution in [3.05, 3.63) is 35.4 Å². The van der Waals surface area contributed by atoms with E-state index in [0.29, 0.717) is 19.4 Å². The highest BCUT2D eigenvalue weighted by atomic mass is 16.5. The number of carbonyl (C=O) groups excluding carboxylic acids is 1. The van der Waals surface area contributed by atoms with Crippen LogP contribution in [0.3, 0.4) is 0 Å². The maximum Gasteiger partial charge on any atom is 0.155 e. The molecule has 0 amide bonds. The summed E-state index contributed by atoms with van der Waals surface area (Å²) in [6.07, 6.45) is 1.15. The fourth-order valence-electron chi connectivity index (χ4n) is 3.57. The Bertz CT molecular complexity index is 585. The standard InChI is InChI=1S/C16H17NO2/c1-15(2)10-16(7-12(8-17)14(15)18)13-6-4-3-5-11(13)9-19-16/h3-6,12H,7,9-10H2,1-2H3. The summed E-state index contributed by atoms with van der Waals surface area (Å²) in [4.78, 5) is 12.3. The second kappa shape index (κ2) is 3.91. The van der Waals surface area contributed by atoms with Crippen LogP contribution in [-0.4, -0.2) is 5.78 Å². The molecule has 3 nitrogen and oxygen atoms in total. The molecule has 0 aromatic heterocycles. The number of benzene rings is 1. The minimum Gasteiger partial charge on any atom is -0.365 e. The summed E-state index contributed by atoms with van der Waals surface area (Å²) in [6.45, 7) is 4.42. The van der Waals surface area contributed by atoms with Crippen molar-refractivity contribution in [1.29, 1.82) is 5.26 Å². The summed E-state index contributed by atoms with van der Waals surface area (Å²) in [5.41, 5.74) is 1.39. The first-order chi connectivity index (χ1) is 8.98. The number of ether oxygens (including phenoxy) is 1. The molecule has 1 spiro atoms. The molecule has 1 heterocycles. The van der Waals surface area contributed by atoms with Crippen LogP contribution >= 0.6 is 0 Å². The van der Waals surface area contributed by atoms with Crippen molar-refractivity contribution in [3.8, 4) is 6.07 Å². The van der Waals surface area contributed by atoms with Gasteiger partial charge in [-0.2, -0.15) is 5.26 Å². The molecule has 1 aliphatic heterocycles. The second-order valence-corrected chi connectivity index (χ2v) is 6.25. The molecule has 2 atom stereocenters. The molecule has 2 aliphatic rings. The third kappa shape index (κ3) is 1.71. The van der Waals surface area contributed by atoms with Crippen molar-refractivity contribution in [3.63, 3.8) is 0 Å². The van der Waals surface area contributed by atoms with Crippen LogP contribution in [0.1, 0.15) is 37.8 Å². The monoisotopic (exact) mass is 255 g/mol. The van der Waals surface area contributed by atoms with E-state index >= 15 is 0 Å². The van der Waals surface area contributed by atoms with Gasteiger partial charge in [-0.05, 0) is 17.5 Å². The maximum atomic E-state index is 12.3. The number of nitriles is 1. The third-order valence-corrected chi connectivity index (χ3v) is 4.41. The fourth-order valence-corrected chi connectivity index (χ4v) is 3.57. The van der Waals surface area contributed by atoms with Gasteiger partial charge in [-0.15, -0.1) is 0 Å². The molecule has 98 valence electrons. The first-order valence-electron chi connectivity index (χ1n) is 6.65. The molecule has 1 aromatic rings. The van der Waals surface area contributed by atoms with E-state index in [4.69, 9.17) is 4.74 Å². The van der Waals surface area contributed by atoms with Crippen LogP contribution in [0.25, 0.3) is 0 Å². The van der Waals surface area contributed by atoms with Gasteiger partial charge in [-0.3, -0.25) is 4.79 Å². The molecule has 2 unspecified atom stereocenters. The highest BCUT2D eigenvalue weighted by Crippen LogP contribution is 2.52. The highest BCUT2D eigenvalue weighted by molar-refractivity contribution is 5.89. The van der Waals surface area contributed by atoms with Crippen LogP contribution in [0.15, 0.2) is 24.3 Å². The lowest BCUT2D eigenvalue weighted by Crippen LogP contribution is -2.46. The third-order valence-electron chi connectivity index (χ3n) is 4.41. The van der Waals surface area contributed by atoms with Crippen molar-refractivity contribution in [2.75, 3.05) is 0 Å². The van der Waals surface area contributed by atoms with Gasteiger partial charge in [0.2, 0.25) is 0 Å². The molecule has 0 saturated heterocycles. The molecule has 0 bridgehead atoms. The van der Waals surface area contributed by atoms with E-state index in [9.17, 15) is 10.1 Å². The lowest BCUT2D eigenvalue weighted by atomic mass is 9.63. The summed E-state index contributed by atoms with van der Waals surface area (Å²) in [7, 11) is 0. The summed E-state index contributed by atoms with van der Waals surface area (Å²) in [6, 6.07) is 10.3. The molecule has 0 radical (unpaired) electrons. The number of carbonyl (C=O) groups is 1. The first-order valence-corrected chi connectivity index (χ1v) is 6.65. The van der Waals surface area contributed by atoms with E-state index in [-0.39, 0.29) is 5.78 Å². The summed E-state index contributed by atoms with van der Waals surface area (Å²) in [5.74, 6) is -0.511. The molecule has 3 heteroatoms. The number of fused-ring (bicyclic) bond motifs is 2. The average Bonchev–Trinajstić information content (AvgIpc) is 2.73. The topological polar surface area (TPSA) is 50.1 Å². The van der Waals surface area contributed by atoms with E-state index < -0.39 is 16.9 Å². The molecule has 1 saturated carbocycles. The average molecular weight is 255 g/mol. The van der Waals surface area contributed by atoms with E-state index in [2.05, 4.69) is 18.2 Å². The first kappa shape index (κ1) is 12.4. The van der Waals surface area contributed by atoms with Crippen molar-refractivity contribution in [2.24, 2.45) is 11.3 Å². The smallest absolute Gasteiger partial charge is 0.155 e. The SMILES string of the molecule is CC1(C)CC2(CC(C#N)C1=O)OCc1ccccc12. The molecule has 19 heavy (non-hydrogen) atoms. The zero-order valence-corrected chi connectivity index (χ0v) is 11.3. The van der Waals surface area contributed by atoms with E-state index in [1.54, 1.807) is 0 Å². The Morgan fingerprint density at radius 3 is 2.84 bits per heavy atom. The quantitative estimate of drug-likeness (QED) is 0.716. The van der Waals surface area contributed by atoms with Gasteiger partial charge in [-0.1, -0.05) is 38.1 Å². The van der Waals surface area contributed by atoms with Crippen LogP contribution in [-0.2, 0) is 21.7 Å². The molecule has 0 N–H and O–H groups in total. The number of ketones is 1. The van der Waals surface area contributed by atoms with Crippen LogP contribution in [0.2, 0.25) is 0 Å². The van der Waals surface area contributed by atoms with E-state index in [1.165, 1.54) is 5.56 Å². The number of rotatable bonds is 0. The van der Waals surface area contributed by atoms with Crippen molar-refractivity contribution >= 4 is 5.78 Å². The van der Waals surface area contributed by atoms with E-state index in [0.717, 1.165) is 5.56 Å². The normalized spacial score (nSPS) is 32.1. The van der Waals surface area contributed by atoms with Crippen molar-refractivity contribution < 1.29 is 9.53 Å². The van der Waals surface area contributed by atoms with Crippen LogP contribution in [0.5, 0.6) is 0 Å². The van der Waals surface area contributed by atoms with Gasteiger partial charge < -0.3 is 4.74 Å². The lowest BCUT2D eigenvalue weighted by Gasteiger charge is -2.43. The Hall–Kier alpha value is -1.66. The molecule has 1 aromatic carbocycles. The minimum atomic E-state index is -0.560. The summed E-state index contributed by atoms with van der Waals surface area (Å²) < 4.78 is 6.06. The van der Waals surface area contributed by atoms with Gasteiger partial charge in [0.05, 0.1) is 18.3 Å². The van der Waals surface area contributed by atoms with Gasteiger partial charge in [0.1, 0.15) is 5.92 Å². The molecule has 3 rings (SSSR count). The Morgan fingerprint density at radius 2 is 2.11 bits per heavy atom. The molecular weight excluding hydrogens is 238 g/mol. The van der Waals surface area contributed by atoms with Crippen LogP contribution < -0.4 is 0 Å². The highest BCUT2D eigenvalue weighted by Gasteiger charge is 2.53. The van der Waals surface area contributed by atoms with Gasteiger partial charge in [0, 0.05) is 11.8 Å². The lowest BCUT2D eigenvalue weighted by molar-refractivity contribution is -0.150. The fraction of sp³-hybridized carbons (Fsp3) is 0.500. The van der Waals surface area contributed by atoms with Gasteiger partial charge in [0.15, 0.2) is 5.78 Å². The Balaban J connectivity index is 2.08. The Kier molecular flexibility index (Phi) is 2.55. The van der Waals surface area contributed by atoms with Gasteiger partial charge in [-0.25, -0.2) is 0 Å². The van der Waals surface area contributed by atoms with Crippen molar-refractivity contribution in [1.82, 2.24) is 0 Å². The maximum absolute atomic E-state index is 12.3. The van der Waals surface area contributed by atoms with Crippen LogP contribution in [0.4, 0.5) is 0 Å². The zero-order chi connectivity index (χ0) is 13.7. The zero-order valence-electron chi connectivity index (χ0n) is 11.3. The molecular formula is C16H17NO2. The largest absolute Gasteiger partial charge is 0.365 e. The minimum absolute atomic E-state index is 0.0496. The number of Topliss-reactive ketones (excluding diaryl/α,β-unsaturated/α-hetero) is 1. The summed E-state index contributed by atoms with van der Waals surface area (Å²) >= 11 is 0. The number of hydrogen-bond donors (Lipinski definition) is 0. The molecule has 1 aliphatic carbocycles. The van der Waals surface area contributed by atoms with Crippen LogP contribution in [0, 0.1) is 22.7 Å². The Morgan fingerprint density at radius 1 is 1.37 bits per heavy atom. The van der Waals surface area contributed by atoms with E-state index in [1.807, 2.05) is 26.0 Å². The second-order valence-electron chi connectivity index (χ2n) is 6.25. The van der Waals surface area contributed by atoms with Gasteiger partial charge >= 0.3 is 0 Å². The Labute approximate surface area is 113 Å². The predicted octanol–water partition coefficient (Wildman–Crippen LogP) is 2.94. The number of nitrogens with zero attached hydrogens (tertiary/aromatic N) is 1.